The summed E-state index contributed by atoms with van der Waals surface area (Å²) in [6.07, 6.45) is 3.23. The lowest BCUT2D eigenvalue weighted by atomic mass is 10.1. The van der Waals surface area contributed by atoms with Crippen LogP contribution in [0.1, 0.15) is 55.3 Å². The molecule has 1 aromatic rings. The van der Waals surface area contributed by atoms with Crippen LogP contribution in [0.15, 0.2) is 11.4 Å². The van der Waals surface area contributed by atoms with Gasteiger partial charge in [-0.05, 0) is 43.7 Å². The van der Waals surface area contributed by atoms with Gasteiger partial charge in [-0.3, -0.25) is 4.79 Å². The predicted molar refractivity (Wildman–Crippen MR) is 74.8 cm³/mol. The lowest BCUT2D eigenvalue weighted by Crippen LogP contribution is -2.38. The summed E-state index contributed by atoms with van der Waals surface area (Å²) < 4.78 is 0. The zero-order valence-electron chi connectivity index (χ0n) is 11.3. The third-order valence-electron chi connectivity index (χ3n) is 3.19. The van der Waals surface area contributed by atoms with Crippen LogP contribution in [0.5, 0.6) is 0 Å². The number of rotatable bonds is 6. The number of carbonyl (C=O) groups excluding carboxylic acids is 1. The Morgan fingerprint density at radius 1 is 1.47 bits per heavy atom. The fourth-order valence-electron chi connectivity index (χ4n) is 1.79. The molecule has 3 heteroatoms. The highest BCUT2D eigenvalue weighted by Crippen LogP contribution is 2.20. The SMILES string of the molecule is CCCCN(C(=O)c1sccc1C)C(C)CC. The third kappa shape index (κ3) is 3.56. The molecule has 1 atom stereocenters. The zero-order chi connectivity index (χ0) is 12.8. The zero-order valence-corrected chi connectivity index (χ0v) is 12.1. The van der Waals surface area contributed by atoms with Crippen LogP contribution >= 0.6 is 11.3 Å². The molecule has 1 heterocycles. The standard InChI is InChI=1S/C14H23NOS/c1-5-7-9-15(12(4)6-2)14(16)13-11(3)8-10-17-13/h8,10,12H,5-7,9H2,1-4H3. The van der Waals surface area contributed by atoms with E-state index in [1.165, 1.54) is 0 Å². The third-order valence-corrected chi connectivity index (χ3v) is 4.20. The quantitative estimate of drug-likeness (QED) is 0.747. The Morgan fingerprint density at radius 3 is 2.65 bits per heavy atom. The molecule has 2 nitrogen and oxygen atoms in total. The second-order valence-electron chi connectivity index (χ2n) is 4.54. The first-order chi connectivity index (χ1) is 8.11. The van der Waals surface area contributed by atoms with Crippen molar-refractivity contribution in [2.24, 2.45) is 0 Å². The van der Waals surface area contributed by atoms with Crippen LogP contribution in [0.3, 0.4) is 0 Å². The average Bonchev–Trinajstić information content (AvgIpc) is 2.75. The van der Waals surface area contributed by atoms with Gasteiger partial charge in [-0.1, -0.05) is 20.3 Å². The van der Waals surface area contributed by atoms with E-state index in [1.807, 2.05) is 23.3 Å². The van der Waals surface area contributed by atoms with Crippen LogP contribution in [0.2, 0.25) is 0 Å². The highest BCUT2D eigenvalue weighted by atomic mass is 32.1. The van der Waals surface area contributed by atoms with E-state index < -0.39 is 0 Å². The van der Waals surface area contributed by atoms with Crippen molar-refractivity contribution in [1.82, 2.24) is 4.90 Å². The van der Waals surface area contributed by atoms with E-state index in [2.05, 4.69) is 20.8 Å². The van der Waals surface area contributed by atoms with Crippen LogP contribution < -0.4 is 0 Å². The van der Waals surface area contributed by atoms with Crippen LogP contribution in [-0.2, 0) is 0 Å². The van der Waals surface area contributed by atoms with Gasteiger partial charge < -0.3 is 4.90 Å². The number of aryl methyl sites for hydroxylation is 1. The summed E-state index contributed by atoms with van der Waals surface area (Å²) in [5, 5.41) is 2.00. The number of carbonyl (C=O) groups is 1. The summed E-state index contributed by atoms with van der Waals surface area (Å²) in [7, 11) is 0. The molecule has 0 bridgehead atoms. The van der Waals surface area contributed by atoms with Crippen molar-refractivity contribution >= 4 is 17.2 Å². The van der Waals surface area contributed by atoms with E-state index in [0.29, 0.717) is 6.04 Å². The van der Waals surface area contributed by atoms with Crippen LogP contribution in [0, 0.1) is 6.92 Å². The Labute approximate surface area is 109 Å². The van der Waals surface area contributed by atoms with Crippen LogP contribution in [0.4, 0.5) is 0 Å². The largest absolute Gasteiger partial charge is 0.335 e. The summed E-state index contributed by atoms with van der Waals surface area (Å²) in [5.74, 6) is 0.209. The molecule has 1 unspecified atom stereocenters. The molecular formula is C14H23NOS. The van der Waals surface area contributed by atoms with E-state index >= 15 is 0 Å². The molecule has 0 saturated carbocycles. The fourth-order valence-corrected chi connectivity index (χ4v) is 2.67. The van der Waals surface area contributed by atoms with Crippen LogP contribution in [-0.4, -0.2) is 23.4 Å². The highest BCUT2D eigenvalue weighted by molar-refractivity contribution is 7.12. The van der Waals surface area contributed by atoms with Gasteiger partial charge in [0, 0.05) is 12.6 Å². The van der Waals surface area contributed by atoms with E-state index in [9.17, 15) is 4.79 Å². The lowest BCUT2D eigenvalue weighted by Gasteiger charge is -2.28. The maximum atomic E-state index is 12.5. The number of unbranched alkanes of at least 4 members (excludes halogenated alkanes) is 1. The lowest BCUT2D eigenvalue weighted by molar-refractivity contribution is 0.0689. The summed E-state index contributed by atoms with van der Waals surface area (Å²) in [6, 6.07) is 2.35. The molecule has 96 valence electrons. The Morgan fingerprint density at radius 2 is 2.18 bits per heavy atom. The van der Waals surface area contributed by atoms with Gasteiger partial charge in [-0.15, -0.1) is 11.3 Å². The first kappa shape index (κ1) is 14.2. The normalized spacial score (nSPS) is 12.5. The van der Waals surface area contributed by atoms with Crippen molar-refractivity contribution in [2.45, 2.75) is 53.0 Å². The van der Waals surface area contributed by atoms with E-state index in [-0.39, 0.29) is 5.91 Å². The molecule has 1 rings (SSSR count). The molecule has 0 saturated heterocycles. The number of hydrogen-bond donors (Lipinski definition) is 0. The molecular weight excluding hydrogens is 230 g/mol. The van der Waals surface area contributed by atoms with E-state index in [1.54, 1.807) is 11.3 Å². The van der Waals surface area contributed by atoms with Gasteiger partial charge in [0.05, 0.1) is 4.88 Å². The van der Waals surface area contributed by atoms with Gasteiger partial charge in [-0.25, -0.2) is 0 Å². The number of hydrogen-bond acceptors (Lipinski definition) is 2. The van der Waals surface area contributed by atoms with Gasteiger partial charge in [0.2, 0.25) is 0 Å². The maximum Gasteiger partial charge on any atom is 0.264 e. The van der Waals surface area contributed by atoms with Crippen molar-refractivity contribution in [3.05, 3.63) is 21.9 Å². The number of thiophene rings is 1. The van der Waals surface area contributed by atoms with Crippen molar-refractivity contribution in [2.75, 3.05) is 6.54 Å². The molecule has 0 fully saturated rings. The number of nitrogens with zero attached hydrogens (tertiary/aromatic N) is 1. The molecule has 0 spiro atoms. The van der Waals surface area contributed by atoms with Gasteiger partial charge in [0.25, 0.3) is 5.91 Å². The minimum absolute atomic E-state index is 0.209. The topological polar surface area (TPSA) is 20.3 Å². The second-order valence-corrected chi connectivity index (χ2v) is 5.46. The first-order valence-electron chi connectivity index (χ1n) is 6.46. The first-order valence-corrected chi connectivity index (χ1v) is 7.34. The maximum absolute atomic E-state index is 12.5. The molecule has 0 aliphatic carbocycles. The van der Waals surface area contributed by atoms with Gasteiger partial charge in [0.1, 0.15) is 0 Å². The average molecular weight is 253 g/mol. The highest BCUT2D eigenvalue weighted by Gasteiger charge is 2.21. The van der Waals surface area contributed by atoms with E-state index in [0.717, 1.165) is 36.2 Å². The molecule has 0 radical (unpaired) electrons. The fraction of sp³-hybridized carbons (Fsp3) is 0.643. The molecule has 1 aromatic heterocycles. The summed E-state index contributed by atoms with van der Waals surface area (Å²) >= 11 is 1.56. The summed E-state index contributed by atoms with van der Waals surface area (Å²) in [6.45, 7) is 9.32. The minimum atomic E-state index is 0.209. The van der Waals surface area contributed by atoms with Crippen molar-refractivity contribution in [1.29, 1.82) is 0 Å². The molecule has 0 aliphatic heterocycles. The van der Waals surface area contributed by atoms with Gasteiger partial charge in [0.15, 0.2) is 0 Å². The minimum Gasteiger partial charge on any atom is -0.335 e. The summed E-state index contributed by atoms with van der Waals surface area (Å²) in [4.78, 5) is 15.4. The molecule has 0 aromatic carbocycles. The second kappa shape index (κ2) is 6.80. The monoisotopic (exact) mass is 253 g/mol. The summed E-state index contributed by atoms with van der Waals surface area (Å²) in [5.41, 5.74) is 1.10. The number of amides is 1. The Bertz CT molecular complexity index is 359. The smallest absolute Gasteiger partial charge is 0.264 e. The molecule has 0 N–H and O–H groups in total. The Hall–Kier alpha value is -0.830. The van der Waals surface area contributed by atoms with Crippen LogP contribution in [0.25, 0.3) is 0 Å². The Kier molecular flexibility index (Phi) is 5.69. The van der Waals surface area contributed by atoms with Crippen molar-refractivity contribution in [3.8, 4) is 0 Å². The molecule has 0 aliphatic rings. The molecule has 1 amide bonds. The van der Waals surface area contributed by atoms with E-state index in [4.69, 9.17) is 0 Å². The van der Waals surface area contributed by atoms with Gasteiger partial charge in [-0.2, -0.15) is 0 Å². The Balaban J connectivity index is 2.82. The molecule has 17 heavy (non-hydrogen) atoms. The van der Waals surface area contributed by atoms with Crippen molar-refractivity contribution in [3.63, 3.8) is 0 Å². The predicted octanol–water partition coefficient (Wildman–Crippen LogP) is 4.10. The van der Waals surface area contributed by atoms with Crippen molar-refractivity contribution < 1.29 is 4.79 Å². The van der Waals surface area contributed by atoms with Gasteiger partial charge >= 0.3 is 0 Å².